The van der Waals surface area contributed by atoms with Crippen LogP contribution in [0.25, 0.3) is 0 Å². The standard InChI is InChI=1S/C22H25N5O2S/c1-15-7-9-17(10-8-15)19(20(28)24-22(2,3)4)27(13-16-6-5-11-23-12-16)21(29)18-14-30-26-25-18/h5-12,14,19H,13H2,1-4H3,(H,24,28). The van der Waals surface area contributed by atoms with Crippen molar-refractivity contribution in [3.8, 4) is 0 Å². The minimum Gasteiger partial charge on any atom is -0.349 e. The summed E-state index contributed by atoms with van der Waals surface area (Å²) in [6, 6.07) is 10.5. The van der Waals surface area contributed by atoms with Gasteiger partial charge in [0.25, 0.3) is 5.91 Å². The smallest absolute Gasteiger partial charge is 0.276 e. The van der Waals surface area contributed by atoms with Gasteiger partial charge < -0.3 is 10.2 Å². The Labute approximate surface area is 180 Å². The predicted octanol–water partition coefficient (Wildman–Crippen LogP) is 3.54. The quantitative estimate of drug-likeness (QED) is 0.655. The van der Waals surface area contributed by atoms with Gasteiger partial charge in [-0.2, -0.15) is 0 Å². The summed E-state index contributed by atoms with van der Waals surface area (Å²) in [5.41, 5.74) is 2.37. The van der Waals surface area contributed by atoms with Gasteiger partial charge in [0, 0.05) is 29.9 Å². The van der Waals surface area contributed by atoms with Crippen LogP contribution in [-0.4, -0.2) is 36.8 Å². The van der Waals surface area contributed by atoms with Crippen LogP contribution in [0.5, 0.6) is 0 Å². The van der Waals surface area contributed by atoms with E-state index in [1.165, 1.54) is 4.90 Å². The van der Waals surface area contributed by atoms with E-state index in [4.69, 9.17) is 0 Å². The molecule has 1 unspecified atom stereocenters. The van der Waals surface area contributed by atoms with E-state index in [-0.39, 0.29) is 24.1 Å². The first-order chi connectivity index (χ1) is 14.2. The topological polar surface area (TPSA) is 88.1 Å². The molecular formula is C22H25N5O2S. The lowest BCUT2D eigenvalue weighted by atomic mass is 9.99. The van der Waals surface area contributed by atoms with E-state index in [0.29, 0.717) is 0 Å². The van der Waals surface area contributed by atoms with Gasteiger partial charge in [0.15, 0.2) is 5.69 Å². The van der Waals surface area contributed by atoms with Crippen molar-refractivity contribution < 1.29 is 9.59 Å². The number of benzene rings is 1. The summed E-state index contributed by atoms with van der Waals surface area (Å²) < 4.78 is 3.81. The fraction of sp³-hybridized carbons (Fsp3) is 0.318. The second kappa shape index (κ2) is 9.13. The molecule has 3 aromatic rings. The summed E-state index contributed by atoms with van der Waals surface area (Å²) in [5, 5.41) is 8.54. The molecular weight excluding hydrogens is 398 g/mol. The lowest BCUT2D eigenvalue weighted by Gasteiger charge is -2.33. The third-order valence-electron chi connectivity index (χ3n) is 4.37. The van der Waals surface area contributed by atoms with Gasteiger partial charge in [-0.05, 0) is 56.4 Å². The first-order valence-electron chi connectivity index (χ1n) is 9.60. The molecule has 7 nitrogen and oxygen atoms in total. The second-order valence-corrected chi connectivity index (χ2v) is 8.75. The molecule has 2 heterocycles. The molecule has 3 rings (SSSR count). The lowest BCUT2D eigenvalue weighted by Crippen LogP contribution is -2.49. The van der Waals surface area contributed by atoms with Crippen LogP contribution in [-0.2, 0) is 11.3 Å². The van der Waals surface area contributed by atoms with Crippen molar-refractivity contribution in [1.29, 1.82) is 0 Å². The molecule has 2 aromatic heterocycles. The van der Waals surface area contributed by atoms with Crippen LogP contribution in [0.2, 0.25) is 0 Å². The molecule has 0 fully saturated rings. The normalized spacial score (nSPS) is 12.3. The highest BCUT2D eigenvalue weighted by atomic mass is 32.1. The highest BCUT2D eigenvalue weighted by Crippen LogP contribution is 2.26. The molecule has 0 bridgehead atoms. The van der Waals surface area contributed by atoms with Crippen molar-refractivity contribution in [2.45, 2.75) is 45.8 Å². The van der Waals surface area contributed by atoms with Gasteiger partial charge >= 0.3 is 0 Å². The molecule has 8 heteroatoms. The van der Waals surface area contributed by atoms with Crippen molar-refractivity contribution in [2.75, 3.05) is 0 Å². The minimum absolute atomic E-state index is 0.209. The van der Waals surface area contributed by atoms with Crippen molar-refractivity contribution in [3.63, 3.8) is 0 Å². The third kappa shape index (κ3) is 5.48. The Balaban J connectivity index is 2.07. The number of aromatic nitrogens is 3. The van der Waals surface area contributed by atoms with Gasteiger partial charge in [0.1, 0.15) is 6.04 Å². The first kappa shape index (κ1) is 21.6. The number of nitrogens with zero attached hydrogens (tertiary/aromatic N) is 4. The van der Waals surface area contributed by atoms with Crippen molar-refractivity contribution in [1.82, 2.24) is 24.8 Å². The number of aryl methyl sites for hydroxylation is 1. The summed E-state index contributed by atoms with van der Waals surface area (Å²) >= 11 is 1.10. The van der Waals surface area contributed by atoms with Crippen molar-refractivity contribution in [3.05, 3.63) is 76.6 Å². The number of pyridine rings is 1. The van der Waals surface area contributed by atoms with Crippen LogP contribution < -0.4 is 5.32 Å². The summed E-state index contributed by atoms with van der Waals surface area (Å²) in [6.45, 7) is 7.92. The van der Waals surface area contributed by atoms with Crippen LogP contribution >= 0.6 is 11.5 Å². The first-order valence-corrected chi connectivity index (χ1v) is 10.4. The Bertz CT molecular complexity index is 983. The van der Waals surface area contributed by atoms with Gasteiger partial charge in [-0.15, -0.1) is 5.10 Å². The van der Waals surface area contributed by atoms with E-state index in [9.17, 15) is 9.59 Å². The van der Waals surface area contributed by atoms with E-state index >= 15 is 0 Å². The largest absolute Gasteiger partial charge is 0.349 e. The second-order valence-electron chi connectivity index (χ2n) is 8.14. The molecule has 0 radical (unpaired) electrons. The molecule has 156 valence electrons. The third-order valence-corrected chi connectivity index (χ3v) is 4.87. The van der Waals surface area contributed by atoms with Crippen LogP contribution in [0.1, 0.15) is 54.0 Å². The Kier molecular flexibility index (Phi) is 6.56. The maximum atomic E-state index is 13.4. The zero-order valence-corrected chi connectivity index (χ0v) is 18.3. The molecule has 0 aliphatic rings. The van der Waals surface area contributed by atoms with E-state index in [0.717, 1.165) is 28.2 Å². The fourth-order valence-corrected chi connectivity index (χ4v) is 3.46. The van der Waals surface area contributed by atoms with Crippen LogP contribution in [0.3, 0.4) is 0 Å². The number of amides is 2. The molecule has 30 heavy (non-hydrogen) atoms. The van der Waals surface area contributed by atoms with Gasteiger partial charge in [-0.25, -0.2) is 0 Å². The SMILES string of the molecule is Cc1ccc(C(C(=O)NC(C)(C)C)N(Cc2cccnc2)C(=O)c2csnn2)cc1. The number of carbonyl (C=O) groups is 2. The average molecular weight is 424 g/mol. The highest BCUT2D eigenvalue weighted by molar-refractivity contribution is 7.03. The molecule has 1 atom stereocenters. The van der Waals surface area contributed by atoms with Crippen molar-refractivity contribution in [2.24, 2.45) is 0 Å². The number of nitrogens with one attached hydrogen (secondary N) is 1. The average Bonchev–Trinajstić information content (AvgIpc) is 3.22. The minimum atomic E-state index is -0.834. The number of rotatable bonds is 6. The molecule has 2 amide bonds. The Morgan fingerprint density at radius 2 is 1.90 bits per heavy atom. The fourth-order valence-electron chi connectivity index (χ4n) is 3.03. The summed E-state index contributed by atoms with van der Waals surface area (Å²) in [6.07, 6.45) is 3.36. The van der Waals surface area contributed by atoms with Gasteiger partial charge in [-0.3, -0.25) is 14.6 Å². The summed E-state index contributed by atoms with van der Waals surface area (Å²) in [7, 11) is 0. The summed E-state index contributed by atoms with van der Waals surface area (Å²) in [5.74, 6) is -0.617. The van der Waals surface area contributed by atoms with Gasteiger partial charge in [-0.1, -0.05) is 40.4 Å². The molecule has 0 spiro atoms. The van der Waals surface area contributed by atoms with E-state index < -0.39 is 11.6 Å². The molecule has 1 aromatic carbocycles. The Morgan fingerprint density at radius 1 is 1.17 bits per heavy atom. The number of hydrogen-bond donors (Lipinski definition) is 1. The monoisotopic (exact) mass is 423 g/mol. The Hall–Kier alpha value is -3.13. The number of carbonyl (C=O) groups excluding carboxylic acids is 2. The molecule has 0 aliphatic heterocycles. The lowest BCUT2D eigenvalue weighted by molar-refractivity contribution is -0.127. The van der Waals surface area contributed by atoms with Crippen LogP contribution in [0.15, 0.2) is 54.2 Å². The van der Waals surface area contributed by atoms with E-state index in [1.807, 2.05) is 58.0 Å². The Morgan fingerprint density at radius 3 is 2.47 bits per heavy atom. The van der Waals surface area contributed by atoms with Crippen molar-refractivity contribution >= 4 is 23.3 Å². The zero-order chi connectivity index (χ0) is 21.7. The van der Waals surface area contributed by atoms with Gasteiger partial charge in [0.2, 0.25) is 5.91 Å². The molecule has 1 N–H and O–H groups in total. The van der Waals surface area contributed by atoms with E-state index in [1.54, 1.807) is 23.8 Å². The zero-order valence-electron chi connectivity index (χ0n) is 17.5. The number of hydrogen-bond acceptors (Lipinski definition) is 6. The van der Waals surface area contributed by atoms with E-state index in [2.05, 4.69) is 19.9 Å². The maximum absolute atomic E-state index is 13.4. The molecule has 0 saturated heterocycles. The molecule has 0 aliphatic carbocycles. The molecule has 0 saturated carbocycles. The van der Waals surface area contributed by atoms with Crippen LogP contribution in [0.4, 0.5) is 0 Å². The summed E-state index contributed by atoms with van der Waals surface area (Å²) in [4.78, 5) is 32.5. The van der Waals surface area contributed by atoms with Crippen LogP contribution in [0, 0.1) is 6.92 Å². The maximum Gasteiger partial charge on any atom is 0.276 e. The highest BCUT2D eigenvalue weighted by Gasteiger charge is 2.34. The van der Waals surface area contributed by atoms with Gasteiger partial charge in [0.05, 0.1) is 0 Å². The predicted molar refractivity (Wildman–Crippen MR) is 116 cm³/mol.